The molecule has 1 amide bonds. The van der Waals surface area contributed by atoms with E-state index in [1.165, 1.54) is 23.9 Å². The summed E-state index contributed by atoms with van der Waals surface area (Å²) in [5.41, 5.74) is 0.861. The molecule has 0 bridgehead atoms. The third-order valence-electron chi connectivity index (χ3n) is 2.98. The molecule has 110 valence electrons. The van der Waals surface area contributed by atoms with E-state index in [1.54, 1.807) is 7.05 Å². The fraction of sp³-hybridized carbons (Fsp3) is 0.200. The molecule has 2 aromatic rings. The van der Waals surface area contributed by atoms with Crippen LogP contribution in [0.2, 0.25) is 5.02 Å². The van der Waals surface area contributed by atoms with Gasteiger partial charge in [-0.15, -0.1) is 0 Å². The molecule has 0 aliphatic carbocycles. The standard InChI is InChI=1S/C15H15ClN2O3/c1-18-9-11(8-12(16)15(18)20)17-14(19)13(21-2)10-6-4-3-5-7-10/h3-9,13H,1-2H3,(H,17,19)/t13-/m0/s1. The second-order valence-corrected chi connectivity index (χ2v) is 4.92. The van der Waals surface area contributed by atoms with E-state index in [9.17, 15) is 9.59 Å². The summed E-state index contributed by atoms with van der Waals surface area (Å²) < 4.78 is 6.55. The minimum Gasteiger partial charge on any atom is -0.367 e. The SMILES string of the molecule is CO[C@H](C(=O)Nc1cc(Cl)c(=O)n(C)c1)c1ccccc1. The van der Waals surface area contributed by atoms with Crippen LogP contribution in [0.25, 0.3) is 0 Å². The highest BCUT2D eigenvalue weighted by molar-refractivity contribution is 6.30. The summed E-state index contributed by atoms with van der Waals surface area (Å²) in [4.78, 5) is 23.8. The molecular weight excluding hydrogens is 292 g/mol. The molecule has 0 radical (unpaired) electrons. The Morgan fingerprint density at radius 3 is 2.57 bits per heavy atom. The number of aromatic nitrogens is 1. The number of hydrogen-bond acceptors (Lipinski definition) is 3. The summed E-state index contributed by atoms with van der Waals surface area (Å²) in [5.74, 6) is -0.335. The number of nitrogens with zero attached hydrogens (tertiary/aromatic N) is 1. The maximum atomic E-state index is 12.3. The lowest BCUT2D eigenvalue weighted by atomic mass is 10.1. The van der Waals surface area contributed by atoms with Crippen LogP contribution in [0.3, 0.4) is 0 Å². The summed E-state index contributed by atoms with van der Waals surface area (Å²) in [7, 11) is 3.03. The van der Waals surface area contributed by atoms with E-state index < -0.39 is 6.10 Å². The summed E-state index contributed by atoms with van der Waals surface area (Å²) in [6.07, 6.45) is 0.770. The first kappa shape index (κ1) is 15.3. The summed E-state index contributed by atoms with van der Waals surface area (Å²) in [6.45, 7) is 0. The number of carbonyl (C=O) groups is 1. The molecule has 0 aliphatic heterocycles. The Morgan fingerprint density at radius 2 is 2.00 bits per heavy atom. The molecule has 1 N–H and O–H groups in total. The Balaban J connectivity index is 2.23. The van der Waals surface area contributed by atoms with Crippen molar-refractivity contribution in [2.75, 3.05) is 12.4 Å². The van der Waals surface area contributed by atoms with Crippen molar-refractivity contribution in [2.45, 2.75) is 6.10 Å². The van der Waals surface area contributed by atoms with Gasteiger partial charge in [0.1, 0.15) is 5.02 Å². The van der Waals surface area contributed by atoms with Gasteiger partial charge in [0.15, 0.2) is 6.10 Å². The average Bonchev–Trinajstić information content (AvgIpc) is 2.46. The van der Waals surface area contributed by atoms with Gasteiger partial charge in [-0.1, -0.05) is 41.9 Å². The van der Waals surface area contributed by atoms with Gasteiger partial charge in [-0.05, 0) is 11.6 Å². The number of rotatable bonds is 4. The van der Waals surface area contributed by atoms with Crippen molar-refractivity contribution in [1.29, 1.82) is 0 Å². The van der Waals surface area contributed by atoms with Gasteiger partial charge in [0, 0.05) is 20.4 Å². The zero-order valence-electron chi connectivity index (χ0n) is 11.7. The maximum absolute atomic E-state index is 12.3. The zero-order chi connectivity index (χ0) is 15.4. The van der Waals surface area contributed by atoms with Crippen LogP contribution in [0.5, 0.6) is 0 Å². The normalized spacial score (nSPS) is 12.0. The molecule has 0 aliphatic rings. The van der Waals surface area contributed by atoms with E-state index in [-0.39, 0.29) is 16.5 Å². The Hall–Kier alpha value is -2.11. The fourth-order valence-corrected chi connectivity index (χ4v) is 2.22. The van der Waals surface area contributed by atoms with Gasteiger partial charge >= 0.3 is 0 Å². The number of aryl methyl sites for hydroxylation is 1. The molecule has 6 heteroatoms. The molecule has 0 fully saturated rings. The van der Waals surface area contributed by atoms with Crippen molar-refractivity contribution >= 4 is 23.2 Å². The molecular formula is C15H15ClN2O3. The Morgan fingerprint density at radius 1 is 1.33 bits per heavy atom. The minimum atomic E-state index is -0.734. The fourth-order valence-electron chi connectivity index (χ4n) is 1.97. The van der Waals surface area contributed by atoms with Crippen LogP contribution in [0.15, 0.2) is 47.4 Å². The zero-order valence-corrected chi connectivity index (χ0v) is 12.4. The first-order chi connectivity index (χ1) is 10.0. The highest BCUT2D eigenvalue weighted by Gasteiger charge is 2.20. The number of halogens is 1. The van der Waals surface area contributed by atoms with Crippen LogP contribution >= 0.6 is 11.6 Å². The monoisotopic (exact) mass is 306 g/mol. The largest absolute Gasteiger partial charge is 0.367 e. The predicted octanol–water partition coefficient (Wildman–Crippen LogP) is 2.36. The molecule has 0 saturated heterocycles. The lowest BCUT2D eigenvalue weighted by Crippen LogP contribution is -2.24. The van der Waals surface area contributed by atoms with Gasteiger partial charge in [-0.3, -0.25) is 9.59 Å². The van der Waals surface area contributed by atoms with Crippen molar-refractivity contribution in [3.8, 4) is 0 Å². The molecule has 0 saturated carbocycles. The lowest BCUT2D eigenvalue weighted by molar-refractivity contribution is -0.126. The number of nitrogens with one attached hydrogen (secondary N) is 1. The number of carbonyl (C=O) groups excluding carboxylic acids is 1. The van der Waals surface area contributed by atoms with Gasteiger partial charge in [0.2, 0.25) is 0 Å². The second kappa shape index (κ2) is 6.56. The number of pyridine rings is 1. The Kier molecular flexibility index (Phi) is 4.77. The van der Waals surface area contributed by atoms with Crippen molar-refractivity contribution in [1.82, 2.24) is 4.57 Å². The van der Waals surface area contributed by atoms with E-state index in [1.807, 2.05) is 30.3 Å². The van der Waals surface area contributed by atoms with Gasteiger partial charge in [0.05, 0.1) is 5.69 Å². The summed E-state index contributed by atoms with van der Waals surface area (Å²) >= 11 is 5.82. The van der Waals surface area contributed by atoms with Crippen LogP contribution in [0.1, 0.15) is 11.7 Å². The number of benzene rings is 1. The maximum Gasteiger partial charge on any atom is 0.269 e. The molecule has 2 rings (SSSR count). The average molecular weight is 307 g/mol. The van der Waals surface area contributed by atoms with Crippen LogP contribution in [0, 0.1) is 0 Å². The number of anilines is 1. The van der Waals surface area contributed by atoms with E-state index in [0.29, 0.717) is 5.69 Å². The van der Waals surface area contributed by atoms with Crippen LogP contribution in [-0.2, 0) is 16.6 Å². The summed E-state index contributed by atoms with van der Waals surface area (Å²) in [5, 5.41) is 2.74. The topological polar surface area (TPSA) is 60.3 Å². The van der Waals surface area contributed by atoms with Crippen molar-refractivity contribution in [2.24, 2.45) is 7.05 Å². The van der Waals surface area contributed by atoms with E-state index in [2.05, 4.69) is 5.32 Å². The third kappa shape index (κ3) is 3.51. The van der Waals surface area contributed by atoms with Crippen molar-refractivity contribution in [3.63, 3.8) is 0 Å². The smallest absolute Gasteiger partial charge is 0.269 e. The lowest BCUT2D eigenvalue weighted by Gasteiger charge is -2.16. The molecule has 5 nitrogen and oxygen atoms in total. The highest BCUT2D eigenvalue weighted by atomic mass is 35.5. The first-order valence-corrected chi connectivity index (χ1v) is 6.65. The van der Waals surface area contributed by atoms with Gasteiger partial charge < -0.3 is 14.6 Å². The first-order valence-electron chi connectivity index (χ1n) is 6.27. The van der Waals surface area contributed by atoms with E-state index in [0.717, 1.165) is 5.56 Å². The van der Waals surface area contributed by atoms with Gasteiger partial charge in [0.25, 0.3) is 11.5 Å². The van der Waals surface area contributed by atoms with E-state index >= 15 is 0 Å². The number of methoxy groups -OCH3 is 1. The summed E-state index contributed by atoms with van der Waals surface area (Å²) in [6, 6.07) is 10.6. The molecule has 1 aromatic carbocycles. The minimum absolute atomic E-state index is 0.0453. The molecule has 1 heterocycles. The molecule has 0 spiro atoms. The molecule has 1 atom stereocenters. The Labute approximate surface area is 127 Å². The van der Waals surface area contributed by atoms with Gasteiger partial charge in [-0.25, -0.2) is 0 Å². The van der Waals surface area contributed by atoms with Crippen molar-refractivity contribution < 1.29 is 9.53 Å². The van der Waals surface area contributed by atoms with Crippen LogP contribution in [-0.4, -0.2) is 17.6 Å². The van der Waals surface area contributed by atoms with Crippen molar-refractivity contribution in [3.05, 3.63) is 63.5 Å². The van der Waals surface area contributed by atoms with Crippen LogP contribution in [0.4, 0.5) is 5.69 Å². The third-order valence-corrected chi connectivity index (χ3v) is 3.25. The second-order valence-electron chi connectivity index (χ2n) is 4.51. The number of hydrogen-bond donors (Lipinski definition) is 1. The molecule has 0 unspecified atom stereocenters. The quantitative estimate of drug-likeness (QED) is 0.943. The Bertz CT molecular complexity index is 672. The van der Waals surface area contributed by atoms with Crippen LogP contribution < -0.4 is 10.9 Å². The predicted molar refractivity (Wildman–Crippen MR) is 81.5 cm³/mol. The number of ether oxygens (including phenoxy) is 1. The highest BCUT2D eigenvalue weighted by Crippen LogP contribution is 2.19. The van der Waals surface area contributed by atoms with Gasteiger partial charge in [-0.2, -0.15) is 0 Å². The number of amides is 1. The van der Waals surface area contributed by atoms with E-state index in [4.69, 9.17) is 16.3 Å². The molecule has 1 aromatic heterocycles. The molecule has 21 heavy (non-hydrogen) atoms.